The van der Waals surface area contributed by atoms with Crippen molar-refractivity contribution in [1.82, 2.24) is 10.2 Å². The summed E-state index contributed by atoms with van der Waals surface area (Å²) in [5.41, 5.74) is 2.45. The highest BCUT2D eigenvalue weighted by Gasteiger charge is 2.41. The van der Waals surface area contributed by atoms with Gasteiger partial charge in [0.05, 0.1) is 27.2 Å². The Bertz CT molecular complexity index is 965. The van der Waals surface area contributed by atoms with Crippen LogP contribution < -0.4 is 19.5 Å². The maximum atomic E-state index is 13.3. The number of unbranched alkanes of at least 4 members (excludes halogenated alkanes) is 1. The summed E-state index contributed by atoms with van der Waals surface area (Å²) in [4.78, 5) is 28.3. The second kappa shape index (κ2) is 11.1. The van der Waals surface area contributed by atoms with Crippen molar-refractivity contribution < 1.29 is 23.8 Å². The second-order valence-electron chi connectivity index (χ2n) is 8.34. The Hall–Kier alpha value is -3.22. The monoisotopic (exact) mass is 454 g/mol. The van der Waals surface area contributed by atoms with Crippen LogP contribution in [0, 0.1) is 12.8 Å². The van der Waals surface area contributed by atoms with Gasteiger partial charge in [0.2, 0.25) is 11.7 Å². The fraction of sp³-hybridized carbons (Fsp3) is 0.462. The van der Waals surface area contributed by atoms with Crippen molar-refractivity contribution in [1.29, 1.82) is 0 Å². The number of hydrogen-bond acceptors (Lipinski definition) is 5. The Kier molecular flexibility index (Phi) is 8.20. The van der Waals surface area contributed by atoms with Gasteiger partial charge in [-0.15, -0.1) is 0 Å². The van der Waals surface area contributed by atoms with Gasteiger partial charge in [0.15, 0.2) is 11.5 Å². The molecule has 2 atom stereocenters. The number of likely N-dealkylation sites (tertiary alicyclic amines) is 1. The normalized spacial score (nSPS) is 17.5. The van der Waals surface area contributed by atoms with Crippen LogP contribution in [-0.2, 0) is 4.79 Å². The number of benzene rings is 2. The zero-order chi connectivity index (χ0) is 24.0. The number of carbonyl (C=O) groups is 2. The van der Waals surface area contributed by atoms with Crippen LogP contribution in [0.1, 0.15) is 47.2 Å². The SMILES string of the molecule is CCCCNC(=O)[C@H]1CN(C(=O)c2ccccc2C)C[C@H]1c1cc(OC)c(OC)c(OC)c1. The van der Waals surface area contributed by atoms with E-state index < -0.39 is 0 Å². The smallest absolute Gasteiger partial charge is 0.254 e. The number of methoxy groups -OCH3 is 3. The molecule has 0 aliphatic carbocycles. The molecule has 0 saturated carbocycles. The van der Waals surface area contributed by atoms with Gasteiger partial charge in [-0.1, -0.05) is 31.5 Å². The molecule has 2 aromatic carbocycles. The minimum atomic E-state index is -0.377. The van der Waals surface area contributed by atoms with E-state index in [0.717, 1.165) is 24.0 Å². The second-order valence-corrected chi connectivity index (χ2v) is 8.34. The zero-order valence-corrected chi connectivity index (χ0v) is 20.1. The molecule has 7 heteroatoms. The molecule has 2 amide bonds. The largest absolute Gasteiger partial charge is 0.493 e. The Morgan fingerprint density at radius 3 is 2.27 bits per heavy atom. The molecule has 3 rings (SSSR count). The van der Waals surface area contributed by atoms with Crippen LogP contribution >= 0.6 is 0 Å². The Morgan fingerprint density at radius 2 is 1.70 bits per heavy atom. The molecule has 178 valence electrons. The topological polar surface area (TPSA) is 77.1 Å². The molecule has 2 aromatic rings. The van der Waals surface area contributed by atoms with Gasteiger partial charge in [0, 0.05) is 31.1 Å². The number of ether oxygens (including phenoxy) is 3. The van der Waals surface area contributed by atoms with Crippen molar-refractivity contribution in [3.05, 3.63) is 53.1 Å². The van der Waals surface area contributed by atoms with E-state index in [1.54, 1.807) is 26.2 Å². The lowest BCUT2D eigenvalue weighted by molar-refractivity contribution is -0.124. The quantitative estimate of drug-likeness (QED) is 0.584. The number of amides is 2. The van der Waals surface area contributed by atoms with Crippen LogP contribution in [0.25, 0.3) is 0 Å². The van der Waals surface area contributed by atoms with Crippen LogP contribution in [0.5, 0.6) is 17.2 Å². The molecule has 1 saturated heterocycles. The van der Waals surface area contributed by atoms with Crippen molar-refractivity contribution in [3.8, 4) is 17.2 Å². The number of rotatable bonds is 9. The first-order valence-corrected chi connectivity index (χ1v) is 11.4. The molecule has 0 aromatic heterocycles. The highest BCUT2D eigenvalue weighted by molar-refractivity contribution is 5.96. The standard InChI is InChI=1S/C26H34N2O5/c1-6-7-12-27-25(29)21-16-28(26(30)19-11-9-8-10-17(19)2)15-20(21)18-13-22(31-3)24(33-5)23(14-18)32-4/h8-11,13-14,20-21H,6-7,12,15-16H2,1-5H3,(H,27,29)/t20-,21-/m0/s1. The van der Waals surface area contributed by atoms with E-state index in [1.165, 1.54) is 0 Å². The lowest BCUT2D eigenvalue weighted by Gasteiger charge is -2.21. The van der Waals surface area contributed by atoms with E-state index >= 15 is 0 Å². The molecule has 1 heterocycles. The molecule has 1 fully saturated rings. The van der Waals surface area contributed by atoms with Crippen molar-refractivity contribution in [3.63, 3.8) is 0 Å². The van der Waals surface area contributed by atoms with Gasteiger partial charge in [0.25, 0.3) is 5.91 Å². The first-order valence-electron chi connectivity index (χ1n) is 11.4. The van der Waals surface area contributed by atoms with Crippen LogP contribution in [0.15, 0.2) is 36.4 Å². The predicted molar refractivity (Wildman–Crippen MR) is 127 cm³/mol. The lowest BCUT2D eigenvalue weighted by Crippen LogP contribution is -2.36. The molecule has 1 aliphatic heterocycles. The lowest BCUT2D eigenvalue weighted by atomic mass is 9.88. The van der Waals surface area contributed by atoms with Gasteiger partial charge in [-0.3, -0.25) is 9.59 Å². The van der Waals surface area contributed by atoms with Crippen LogP contribution in [0.3, 0.4) is 0 Å². The van der Waals surface area contributed by atoms with E-state index in [9.17, 15) is 9.59 Å². The highest BCUT2D eigenvalue weighted by atomic mass is 16.5. The van der Waals surface area contributed by atoms with Gasteiger partial charge >= 0.3 is 0 Å². The van der Waals surface area contributed by atoms with Crippen LogP contribution in [0.4, 0.5) is 0 Å². The Balaban J connectivity index is 1.97. The third-order valence-electron chi connectivity index (χ3n) is 6.26. The average Bonchev–Trinajstić information content (AvgIpc) is 3.28. The van der Waals surface area contributed by atoms with Crippen molar-refractivity contribution >= 4 is 11.8 Å². The summed E-state index contributed by atoms with van der Waals surface area (Å²) in [5.74, 6) is 0.877. The van der Waals surface area contributed by atoms with Crippen molar-refractivity contribution in [2.24, 2.45) is 5.92 Å². The molecule has 1 N–H and O–H groups in total. The van der Waals surface area contributed by atoms with Gasteiger partial charge in [-0.05, 0) is 42.7 Å². The first kappa shape index (κ1) is 24.4. The van der Waals surface area contributed by atoms with E-state index in [-0.39, 0.29) is 23.7 Å². The molecule has 33 heavy (non-hydrogen) atoms. The van der Waals surface area contributed by atoms with Gasteiger partial charge in [-0.25, -0.2) is 0 Å². The van der Waals surface area contributed by atoms with Crippen LogP contribution in [0.2, 0.25) is 0 Å². The molecule has 7 nitrogen and oxygen atoms in total. The fourth-order valence-corrected chi connectivity index (χ4v) is 4.39. The Labute approximate surface area is 196 Å². The maximum absolute atomic E-state index is 13.3. The molecule has 0 unspecified atom stereocenters. The van der Waals surface area contributed by atoms with Gasteiger partial charge in [0.1, 0.15) is 0 Å². The van der Waals surface area contributed by atoms with E-state index in [2.05, 4.69) is 12.2 Å². The molecular formula is C26H34N2O5. The number of aryl methyl sites for hydroxylation is 1. The van der Waals surface area contributed by atoms with E-state index in [1.807, 2.05) is 43.3 Å². The summed E-state index contributed by atoms with van der Waals surface area (Å²) in [6, 6.07) is 11.3. The summed E-state index contributed by atoms with van der Waals surface area (Å²) in [7, 11) is 4.69. The van der Waals surface area contributed by atoms with Crippen molar-refractivity contribution in [2.45, 2.75) is 32.6 Å². The summed E-state index contributed by atoms with van der Waals surface area (Å²) < 4.78 is 16.5. The summed E-state index contributed by atoms with van der Waals surface area (Å²) >= 11 is 0. The van der Waals surface area contributed by atoms with Crippen molar-refractivity contribution in [2.75, 3.05) is 41.0 Å². The van der Waals surface area contributed by atoms with Gasteiger partial charge in [-0.2, -0.15) is 0 Å². The van der Waals surface area contributed by atoms with E-state index in [0.29, 0.717) is 42.4 Å². The molecule has 0 bridgehead atoms. The minimum Gasteiger partial charge on any atom is -0.493 e. The van der Waals surface area contributed by atoms with Crippen LogP contribution in [-0.4, -0.2) is 57.7 Å². The summed E-state index contributed by atoms with van der Waals surface area (Å²) in [6.45, 7) is 5.42. The molecule has 0 radical (unpaired) electrons. The Morgan fingerprint density at radius 1 is 1.03 bits per heavy atom. The summed E-state index contributed by atoms with van der Waals surface area (Å²) in [5, 5.41) is 3.05. The van der Waals surface area contributed by atoms with Gasteiger partial charge < -0.3 is 24.4 Å². The number of nitrogens with one attached hydrogen (secondary N) is 1. The zero-order valence-electron chi connectivity index (χ0n) is 20.1. The third-order valence-corrected chi connectivity index (χ3v) is 6.26. The predicted octanol–water partition coefficient (Wildman–Crippen LogP) is 3.79. The van der Waals surface area contributed by atoms with E-state index in [4.69, 9.17) is 14.2 Å². The molecule has 0 spiro atoms. The number of hydrogen-bond donors (Lipinski definition) is 1. The maximum Gasteiger partial charge on any atom is 0.254 e. The highest BCUT2D eigenvalue weighted by Crippen LogP contribution is 2.43. The minimum absolute atomic E-state index is 0.0396. The molecular weight excluding hydrogens is 420 g/mol. The fourth-order valence-electron chi connectivity index (χ4n) is 4.39. The summed E-state index contributed by atoms with van der Waals surface area (Å²) in [6.07, 6.45) is 1.91. The molecule has 1 aliphatic rings. The number of carbonyl (C=O) groups excluding carboxylic acids is 2. The average molecular weight is 455 g/mol. The number of nitrogens with zero attached hydrogens (tertiary/aromatic N) is 1. The third kappa shape index (κ3) is 5.24. The first-order chi connectivity index (χ1) is 15.9.